The average molecular weight is 321 g/mol. The van der Waals surface area contributed by atoms with E-state index in [1.165, 1.54) is 24.1 Å². The summed E-state index contributed by atoms with van der Waals surface area (Å²) in [6.07, 6.45) is 4.60. The van der Waals surface area contributed by atoms with Crippen molar-refractivity contribution in [3.63, 3.8) is 0 Å². The maximum absolute atomic E-state index is 5.42. The van der Waals surface area contributed by atoms with Gasteiger partial charge >= 0.3 is 0 Å². The van der Waals surface area contributed by atoms with Crippen molar-refractivity contribution in [3.05, 3.63) is 44.6 Å². The van der Waals surface area contributed by atoms with Crippen LogP contribution in [-0.2, 0) is 12.8 Å². The Hall–Kier alpha value is -1.00. The third kappa shape index (κ3) is 2.15. The van der Waals surface area contributed by atoms with Crippen LogP contribution in [0.1, 0.15) is 24.1 Å². The van der Waals surface area contributed by atoms with E-state index in [0.717, 1.165) is 33.3 Å². The molecule has 0 spiro atoms. The number of H-pyrrole nitrogens is 1. The summed E-state index contributed by atoms with van der Waals surface area (Å²) in [4.78, 5) is 8.00. The molecule has 0 fully saturated rings. The number of halogens is 1. The molecule has 0 radical (unpaired) electrons. The third-order valence-electron chi connectivity index (χ3n) is 3.34. The average Bonchev–Trinajstić information content (AvgIpc) is 2.39. The van der Waals surface area contributed by atoms with E-state index in [0.29, 0.717) is 0 Å². The number of nitrogens with one attached hydrogen (secondary N) is 1. The van der Waals surface area contributed by atoms with Gasteiger partial charge in [-0.3, -0.25) is 0 Å². The standard InChI is InChI=1S/C14H13BrN2S/c15-11-7-3-1-5-9(11)13-16-12-8-4-2-6-10(12)14(18)17-13/h1,3,5,7H,2,4,6,8H2,(H,16,17,18). The minimum absolute atomic E-state index is 0.759. The fourth-order valence-corrected chi connectivity index (χ4v) is 3.19. The van der Waals surface area contributed by atoms with Crippen molar-refractivity contribution in [3.8, 4) is 11.4 Å². The molecule has 1 aliphatic carbocycles. The monoisotopic (exact) mass is 320 g/mol. The van der Waals surface area contributed by atoms with Crippen LogP contribution >= 0.6 is 28.1 Å². The van der Waals surface area contributed by atoms with Gasteiger partial charge in [-0.1, -0.05) is 46.3 Å². The Morgan fingerprint density at radius 1 is 1.17 bits per heavy atom. The number of nitrogens with zero attached hydrogens (tertiary/aromatic N) is 1. The van der Waals surface area contributed by atoms with Crippen LogP contribution in [0.5, 0.6) is 0 Å². The van der Waals surface area contributed by atoms with Gasteiger partial charge in [-0.2, -0.15) is 0 Å². The molecule has 2 aromatic rings. The summed E-state index contributed by atoms with van der Waals surface area (Å²) in [5.74, 6) is 0.869. The van der Waals surface area contributed by atoms with Crippen LogP contribution in [0, 0.1) is 4.64 Å². The lowest BCUT2D eigenvalue weighted by molar-refractivity contribution is 0.661. The van der Waals surface area contributed by atoms with Crippen LogP contribution in [0.4, 0.5) is 0 Å². The molecule has 0 atom stereocenters. The first-order valence-electron chi connectivity index (χ1n) is 6.12. The van der Waals surface area contributed by atoms with E-state index in [1.54, 1.807) is 0 Å². The van der Waals surface area contributed by atoms with Gasteiger partial charge in [-0.25, -0.2) is 4.98 Å². The summed E-state index contributed by atoms with van der Waals surface area (Å²) in [6, 6.07) is 8.08. The molecule has 2 nitrogen and oxygen atoms in total. The van der Waals surface area contributed by atoms with Crippen LogP contribution < -0.4 is 0 Å². The van der Waals surface area contributed by atoms with Crippen molar-refractivity contribution >= 4 is 28.1 Å². The maximum atomic E-state index is 5.42. The molecule has 0 saturated carbocycles. The summed E-state index contributed by atoms with van der Waals surface area (Å²) in [6.45, 7) is 0. The molecule has 0 amide bonds. The second-order valence-corrected chi connectivity index (χ2v) is 5.78. The normalized spacial score (nSPS) is 14.3. The molecule has 0 unspecified atom stereocenters. The second-order valence-electron chi connectivity index (χ2n) is 4.53. The molecule has 92 valence electrons. The van der Waals surface area contributed by atoms with E-state index in [9.17, 15) is 0 Å². The summed E-state index contributed by atoms with van der Waals surface area (Å²) in [5, 5.41) is 0. The van der Waals surface area contributed by atoms with Crippen LogP contribution in [-0.4, -0.2) is 9.97 Å². The predicted molar refractivity (Wildman–Crippen MR) is 79.2 cm³/mol. The summed E-state index contributed by atoms with van der Waals surface area (Å²) in [7, 11) is 0. The molecule has 1 heterocycles. The predicted octanol–water partition coefficient (Wildman–Crippen LogP) is 4.45. The van der Waals surface area contributed by atoms with E-state index < -0.39 is 0 Å². The maximum Gasteiger partial charge on any atom is 0.140 e. The topological polar surface area (TPSA) is 28.7 Å². The van der Waals surface area contributed by atoms with E-state index in [1.807, 2.05) is 24.3 Å². The van der Waals surface area contributed by atoms with Crippen LogP contribution in [0.3, 0.4) is 0 Å². The molecular formula is C14H13BrN2S. The number of aromatic nitrogens is 2. The Balaban J connectivity index is 2.17. The molecule has 18 heavy (non-hydrogen) atoms. The first-order valence-corrected chi connectivity index (χ1v) is 7.33. The van der Waals surface area contributed by atoms with Gasteiger partial charge in [0.1, 0.15) is 10.5 Å². The zero-order valence-electron chi connectivity index (χ0n) is 9.87. The van der Waals surface area contributed by atoms with Gasteiger partial charge in [0.25, 0.3) is 0 Å². The van der Waals surface area contributed by atoms with Crippen molar-refractivity contribution in [2.75, 3.05) is 0 Å². The first-order chi connectivity index (χ1) is 8.75. The number of aryl methyl sites for hydroxylation is 1. The lowest BCUT2D eigenvalue weighted by Crippen LogP contribution is -2.08. The molecule has 1 aromatic carbocycles. The zero-order chi connectivity index (χ0) is 12.5. The summed E-state index contributed by atoms with van der Waals surface area (Å²) >= 11 is 8.98. The Morgan fingerprint density at radius 2 is 1.94 bits per heavy atom. The van der Waals surface area contributed by atoms with E-state index >= 15 is 0 Å². The number of benzene rings is 1. The number of hydrogen-bond donors (Lipinski definition) is 1. The third-order valence-corrected chi connectivity index (χ3v) is 4.37. The van der Waals surface area contributed by atoms with Crippen molar-refractivity contribution in [2.45, 2.75) is 25.7 Å². The molecule has 0 saturated heterocycles. The minimum Gasteiger partial charge on any atom is -0.343 e. The Kier molecular flexibility index (Phi) is 3.31. The number of aromatic amines is 1. The lowest BCUT2D eigenvalue weighted by atomic mass is 9.97. The number of rotatable bonds is 1. The van der Waals surface area contributed by atoms with Gasteiger partial charge in [0.05, 0.1) is 0 Å². The van der Waals surface area contributed by atoms with Crippen molar-refractivity contribution in [1.29, 1.82) is 0 Å². The van der Waals surface area contributed by atoms with E-state index in [-0.39, 0.29) is 0 Å². The molecule has 4 heteroatoms. The van der Waals surface area contributed by atoms with Gasteiger partial charge in [0, 0.05) is 21.3 Å². The van der Waals surface area contributed by atoms with E-state index in [4.69, 9.17) is 12.2 Å². The SMILES string of the molecule is S=c1nc(-c2ccccc2Br)[nH]c2c1CCCC2. The quantitative estimate of drug-likeness (QED) is 0.786. The van der Waals surface area contributed by atoms with Crippen molar-refractivity contribution in [1.82, 2.24) is 9.97 Å². The van der Waals surface area contributed by atoms with Gasteiger partial charge in [0.2, 0.25) is 0 Å². The van der Waals surface area contributed by atoms with Crippen LogP contribution in [0.2, 0.25) is 0 Å². The number of fused-ring (bicyclic) bond motifs is 1. The van der Waals surface area contributed by atoms with Crippen LogP contribution in [0.15, 0.2) is 28.7 Å². The molecule has 0 bridgehead atoms. The smallest absolute Gasteiger partial charge is 0.140 e. The summed E-state index contributed by atoms with van der Waals surface area (Å²) < 4.78 is 1.80. The largest absolute Gasteiger partial charge is 0.343 e. The zero-order valence-corrected chi connectivity index (χ0v) is 12.3. The number of hydrogen-bond acceptors (Lipinski definition) is 2. The van der Waals surface area contributed by atoms with Gasteiger partial charge in [-0.15, -0.1) is 0 Å². The highest BCUT2D eigenvalue weighted by Crippen LogP contribution is 2.28. The fraction of sp³-hybridized carbons (Fsp3) is 0.286. The molecular weight excluding hydrogens is 308 g/mol. The molecule has 1 aromatic heterocycles. The molecule has 1 aliphatic rings. The van der Waals surface area contributed by atoms with Gasteiger partial charge in [-0.05, 0) is 31.7 Å². The van der Waals surface area contributed by atoms with Gasteiger partial charge in [0.15, 0.2) is 0 Å². The van der Waals surface area contributed by atoms with Crippen LogP contribution in [0.25, 0.3) is 11.4 Å². The highest BCUT2D eigenvalue weighted by molar-refractivity contribution is 9.10. The lowest BCUT2D eigenvalue weighted by Gasteiger charge is -2.16. The first kappa shape index (κ1) is 12.1. The highest BCUT2D eigenvalue weighted by Gasteiger charge is 2.14. The Morgan fingerprint density at radius 3 is 2.78 bits per heavy atom. The fourth-order valence-electron chi connectivity index (χ4n) is 2.40. The Labute approximate surface area is 120 Å². The van der Waals surface area contributed by atoms with Crippen molar-refractivity contribution < 1.29 is 0 Å². The van der Waals surface area contributed by atoms with Crippen molar-refractivity contribution in [2.24, 2.45) is 0 Å². The molecule has 1 N–H and O–H groups in total. The second kappa shape index (κ2) is 4.94. The van der Waals surface area contributed by atoms with Gasteiger partial charge < -0.3 is 4.98 Å². The molecule has 3 rings (SSSR count). The molecule has 0 aliphatic heterocycles. The minimum atomic E-state index is 0.759. The highest BCUT2D eigenvalue weighted by atomic mass is 79.9. The van der Waals surface area contributed by atoms with E-state index in [2.05, 4.69) is 25.9 Å². The summed E-state index contributed by atoms with van der Waals surface area (Å²) in [5.41, 5.74) is 3.58. The Bertz CT molecular complexity index is 648.